The zero-order chi connectivity index (χ0) is 26.9. The summed E-state index contributed by atoms with van der Waals surface area (Å²) in [6.45, 7) is 1.26. The van der Waals surface area contributed by atoms with Gasteiger partial charge in [0, 0.05) is 0 Å². The lowest BCUT2D eigenvalue weighted by molar-refractivity contribution is -0.335. The lowest BCUT2D eigenvalue weighted by atomic mass is 9.92. The predicted octanol–water partition coefficient (Wildman–Crippen LogP) is 1.69. The van der Waals surface area contributed by atoms with Crippen molar-refractivity contribution in [3.05, 3.63) is 46.6 Å². The van der Waals surface area contributed by atoms with E-state index in [0.29, 0.717) is 27.8 Å². The highest BCUT2D eigenvalue weighted by atomic mass is 127. The Bertz CT molecular complexity index is 1140. The molecule has 11 nitrogen and oxygen atoms in total. The van der Waals surface area contributed by atoms with Gasteiger partial charge in [-0.25, -0.2) is 4.79 Å². The van der Waals surface area contributed by atoms with Crippen molar-refractivity contribution in [3.8, 4) is 17.2 Å². The van der Waals surface area contributed by atoms with Gasteiger partial charge in [0.15, 0.2) is 11.9 Å². The van der Waals surface area contributed by atoms with E-state index in [1.807, 2.05) is 22.6 Å². The number of ether oxygens (including phenoxy) is 3. The maximum atomic E-state index is 12.7. The van der Waals surface area contributed by atoms with Crippen LogP contribution in [0.5, 0.6) is 17.2 Å². The maximum Gasteiger partial charge on any atom is 0.380 e. The fourth-order valence-electron chi connectivity index (χ4n) is 3.47. The number of hydrogen-bond donors (Lipinski definition) is 6. The lowest BCUT2D eigenvalue weighted by Gasteiger charge is -2.44. The van der Waals surface area contributed by atoms with Gasteiger partial charge in [-0.05, 0) is 117 Å². The smallest absolute Gasteiger partial charge is 0.380 e. The quantitative estimate of drug-likeness (QED) is 0.176. The van der Waals surface area contributed by atoms with E-state index in [1.54, 1.807) is 24.3 Å². The highest BCUT2D eigenvalue weighted by molar-refractivity contribution is 14.1. The first-order chi connectivity index (χ1) is 16.8. The van der Waals surface area contributed by atoms with Crippen LogP contribution in [0.2, 0.25) is 0 Å². The fourth-order valence-corrected chi connectivity index (χ4v) is 6.07. The number of carbonyl (C=O) groups is 2. The number of aliphatic carboxylic acids is 1. The molecule has 0 aliphatic carbocycles. The van der Waals surface area contributed by atoms with Crippen LogP contribution in [0, 0.1) is 10.7 Å². The third-order valence-electron chi connectivity index (χ3n) is 5.41. The molecule has 2 aromatic carbocycles. The minimum Gasteiger partial charge on any atom is -0.507 e. The van der Waals surface area contributed by atoms with E-state index < -0.39 is 48.2 Å². The number of aliphatic hydroxyl groups excluding tert-OH is 3. The Labute approximate surface area is 246 Å². The summed E-state index contributed by atoms with van der Waals surface area (Å²) in [6.07, 6.45) is -7.07. The van der Waals surface area contributed by atoms with Crippen LogP contribution in [0.15, 0.2) is 30.3 Å². The number of nitrogens with two attached hydrogens (primary N) is 1. The average Bonchev–Trinajstić information content (AvgIpc) is 2.80. The number of hydrogen-bond acceptors (Lipinski definition) is 10. The number of rotatable bonds is 7. The maximum absolute atomic E-state index is 12.7. The van der Waals surface area contributed by atoms with Gasteiger partial charge in [0.2, 0.25) is 0 Å². The second kappa shape index (κ2) is 11.8. The summed E-state index contributed by atoms with van der Waals surface area (Å²) in [5, 5.41) is 49.4. The summed E-state index contributed by atoms with van der Waals surface area (Å²) in [7, 11) is 0. The third-order valence-corrected chi connectivity index (χ3v) is 7.88. The molecule has 6 atom stereocenters. The molecule has 5 unspecified atom stereocenters. The van der Waals surface area contributed by atoms with Gasteiger partial charge in [0.25, 0.3) is 0 Å². The van der Waals surface area contributed by atoms with Crippen LogP contribution in [0.25, 0.3) is 0 Å². The standard InChI is InChI=1S/C22H22I3NO10/c1-8-16(28)17(29)19(30)22(35-8,21(32)33)36-20(31)14(26)6-9-4-12(24)18(13(25)5-9)34-10-2-3-15(27)11(23)7-10/h2-5,7-8,14,16-17,19,27-30H,6,26H2,1H3,(H,32,33)/t8?,14?,16?,17?,19?,22-/m1/s1. The predicted molar refractivity (Wildman–Crippen MR) is 149 cm³/mol. The molecule has 0 spiro atoms. The molecule has 0 saturated carbocycles. The van der Waals surface area contributed by atoms with Gasteiger partial charge in [0.1, 0.15) is 29.7 Å². The lowest BCUT2D eigenvalue weighted by Crippen LogP contribution is -2.69. The summed E-state index contributed by atoms with van der Waals surface area (Å²) in [5.41, 5.74) is 6.61. The summed E-state index contributed by atoms with van der Waals surface area (Å²) >= 11 is 6.11. The highest BCUT2D eigenvalue weighted by Crippen LogP contribution is 2.36. The van der Waals surface area contributed by atoms with Crippen molar-refractivity contribution >= 4 is 79.7 Å². The zero-order valence-electron chi connectivity index (χ0n) is 18.5. The fraction of sp³-hybridized carbons (Fsp3) is 0.364. The van der Waals surface area contributed by atoms with Gasteiger partial charge in [-0.2, -0.15) is 0 Å². The molecule has 0 amide bonds. The first-order valence-electron chi connectivity index (χ1n) is 10.3. The summed E-state index contributed by atoms with van der Waals surface area (Å²) < 4.78 is 18.1. The SMILES string of the molecule is CC1O[C@](OC(=O)C(N)Cc2cc(I)c(Oc3ccc(O)c(I)c3)c(I)c2)(C(=O)O)C(O)C(O)C1O. The molecule has 0 radical (unpaired) electrons. The number of aromatic hydroxyl groups is 1. The third kappa shape index (κ3) is 6.16. The van der Waals surface area contributed by atoms with Gasteiger partial charge >= 0.3 is 17.7 Å². The van der Waals surface area contributed by atoms with E-state index in [0.717, 1.165) is 0 Å². The van der Waals surface area contributed by atoms with E-state index in [9.17, 15) is 35.1 Å². The Kier molecular flexibility index (Phi) is 9.67. The van der Waals surface area contributed by atoms with Crippen LogP contribution in [0.1, 0.15) is 12.5 Å². The Morgan fingerprint density at radius 1 is 1.08 bits per heavy atom. The number of aliphatic hydroxyl groups is 3. The molecule has 1 saturated heterocycles. The van der Waals surface area contributed by atoms with Gasteiger partial charge < -0.3 is 45.5 Å². The molecule has 36 heavy (non-hydrogen) atoms. The van der Waals surface area contributed by atoms with Crippen LogP contribution < -0.4 is 10.5 Å². The van der Waals surface area contributed by atoms with Crippen molar-refractivity contribution in [1.82, 2.24) is 0 Å². The molecule has 1 fully saturated rings. The number of phenolic OH excluding ortho intramolecular Hbond substituents is 1. The first-order valence-corrected chi connectivity index (χ1v) is 13.6. The molecule has 196 valence electrons. The largest absolute Gasteiger partial charge is 0.507 e. The molecule has 1 aliphatic rings. The van der Waals surface area contributed by atoms with E-state index in [4.69, 9.17) is 19.9 Å². The van der Waals surface area contributed by atoms with Crippen LogP contribution in [0.3, 0.4) is 0 Å². The van der Waals surface area contributed by atoms with E-state index >= 15 is 0 Å². The summed E-state index contributed by atoms with van der Waals surface area (Å²) in [5.74, 6) is -4.76. The average molecular weight is 841 g/mol. The van der Waals surface area contributed by atoms with Crippen molar-refractivity contribution < 1.29 is 49.3 Å². The molecule has 1 heterocycles. The number of phenols is 1. The van der Waals surface area contributed by atoms with Crippen LogP contribution in [-0.4, -0.2) is 73.7 Å². The Balaban J connectivity index is 1.76. The molecule has 14 heteroatoms. The van der Waals surface area contributed by atoms with Crippen molar-refractivity contribution in [2.45, 2.75) is 49.6 Å². The molecule has 0 bridgehead atoms. The van der Waals surface area contributed by atoms with Gasteiger partial charge in [-0.1, -0.05) is 0 Å². The minimum absolute atomic E-state index is 0.0469. The van der Waals surface area contributed by atoms with E-state index in [-0.39, 0.29) is 12.2 Å². The topological polar surface area (TPSA) is 189 Å². The highest BCUT2D eigenvalue weighted by Gasteiger charge is 2.61. The summed E-state index contributed by atoms with van der Waals surface area (Å²) in [4.78, 5) is 24.6. The normalized spacial score (nSPS) is 26.8. The molecule has 3 rings (SSSR count). The van der Waals surface area contributed by atoms with Crippen molar-refractivity contribution in [1.29, 1.82) is 0 Å². The number of halogens is 3. The Morgan fingerprint density at radius 3 is 2.25 bits per heavy atom. The molecular formula is C22H22I3NO10. The van der Waals surface area contributed by atoms with E-state index in [2.05, 4.69) is 45.2 Å². The number of carboxylic acids is 1. The van der Waals surface area contributed by atoms with Crippen LogP contribution >= 0.6 is 67.8 Å². The molecule has 7 N–H and O–H groups in total. The number of benzene rings is 2. The summed E-state index contributed by atoms with van der Waals surface area (Å²) in [6, 6.07) is 6.95. The van der Waals surface area contributed by atoms with Crippen molar-refractivity contribution in [3.63, 3.8) is 0 Å². The molecule has 2 aromatic rings. The number of carboxylic acid groups (broad SMARTS) is 1. The van der Waals surface area contributed by atoms with Crippen molar-refractivity contribution in [2.24, 2.45) is 5.73 Å². The van der Waals surface area contributed by atoms with Gasteiger partial charge in [-0.15, -0.1) is 0 Å². The molecule has 0 aromatic heterocycles. The second-order valence-electron chi connectivity index (χ2n) is 8.06. The number of esters is 1. The van der Waals surface area contributed by atoms with E-state index in [1.165, 1.54) is 13.0 Å². The Hall–Kier alpha value is -1.03. The molecule has 1 aliphatic heterocycles. The van der Waals surface area contributed by atoms with Crippen molar-refractivity contribution in [2.75, 3.05) is 0 Å². The minimum atomic E-state index is -2.94. The Morgan fingerprint density at radius 2 is 1.69 bits per heavy atom. The number of carbonyl (C=O) groups excluding carboxylic acids is 1. The van der Waals surface area contributed by atoms with Gasteiger partial charge in [0.05, 0.1) is 16.8 Å². The monoisotopic (exact) mass is 841 g/mol. The molecular weight excluding hydrogens is 819 g/mol. The van der Waals surface area contributed by atoms with Crippen LogP contribution in [-0.2, 0) is 25.5 Å². The van der Waals surface area contributed by atoms with Gasteiger partial charge in [-0.3, -0.25) is 4.79 Å². The zero-order valence-corrected chi connectivity index (χ0v) is 24.9. The second-order valence-corrected chi connectivity index (χ2v) is 11.5. The van der Waals surface area contributed by atoms with Crippen LogP contribution in [0.4, 0.5) is 0 Å². The first kappa shape index (κ1) is 29.5.